The molecule has 160 valence electrons. The van der Waals surface area contributed by atoms with Crippen molar-refractivity contribution in [1.29, 1.82) is 0 Å². The summed E-state index contributed by atoms with van der Waals surface area (Å²) in [7, 11) is 0. The molecule has 8 heteroatoms. The molecule has 1 saturated heterocycles. The number of likely N-dealkylation sites (tertiary alicyclic amines) is 1. The fourth-order valence-corrected chi connectivity index (χ4v) is 3.81. The molecular weight excluding hydrogens is 399 g/mol. The molecule has 0 atom stereocenters. The normalized spacial score (nSPS) is 14.5. The van der Waals surface area contributed by atoms with Gasteiger partial charge in [-0.3, -0.25) is 19.0 Å². The molecule has 0 saturated carbocycles. The fourth-order valence-electron chi connectivity index (χ4n) is 3.81. The van der Waals surface area contributed by atoms with E-state index in [2.05, 4.69) is 10.3 Å². The van der Waals surface area contributed by atoms with Gasteiger partial charge < -0.3 is 10.2 Å². The first kappa shape index (κ1) is 20.7. The van der Waals surface area contributed by atoms with E-state index in [-0.39, 0.29) is 29.7 Å². The molecular formula is C23H23FN4O3. The lowest BCUT2D eigenvalue weighted by atomic mass is 9.95. The Kier molecular flexibility index (Phi) is 6.06. The predicted octanol–water partition coefficient (Wildman–Crippen LogP) is 2.09. The molecule has 0 spiro atoms. The summed E-state index contributed by atoms with van der Waals surface area (Å²) in [5.41, 5.74) is 0.975. The zero-order valence-corrected chi connectivity index (χ0v) is 17.0. The van der Waals surface area contributed by atoms with Crippen LogP contribution >= 0.6 is 0 Å². The van der Waals surface area contributed by atoms with Crippen molar-refractivity contribution in [2.45, 2.75) is 25.9 Å². The van der Waals surface area contributed by atoms with Gasteiger partial charge in [0, 0.05) is 25.6 Å². The maximum absolute atomic E-state index is 13.5. The molecule has 1 fully saturated rings. The summed E-state index contributed by atoms with van der Waals surface area (Å²) in [6, 6.07) is 13.5. The van der Waals surface area contributed by atoms with E-state index in [0.717, 1.165) is 11.6 Å². The maximum atomic E-state index is 13.5. The van der Waals surface area contributed by atoms with E-state index in [1.165, 1.54) is 23.0 Å². The molecule has 2 aromatic carbocycles. The molecule has 3 aromatic rings. The first-order chi connectivity index (χ1) is 15.0. The number of hydrogen-bond acceptors (Lipinski definition) is 4. The third-order valence-electron chi connectivity index (χ3n) is 5.62. The zero-order valence-electron chi connectivity index (χ0n) is 17.0. The smallest absolute Gasteiger partial charge is 0.261 e. The highest BCUT2D eigenvalue weighted by molar-refractivity contribution is 5.81. The van der Waals surface area contributed by atoms with E-state index >= 15 is 0 Å². The number of amides is 2. The summed E-state index contributed by atoms with van der Waals surface area (Å²) in [6.07, 6.45) is 2.45. The molecule has 2 amide bonds. The number of nitrogens with zero attached hydrogens (tertiary/aromatic N) is 3. The first-order valence-electron chi connectivity index (χ1n) is 10.3. The number of carbonyl (C=O) groups is 2. The highest BCUT2D eigenvalue weighted by atomic mass is 19.1. The molecule has 2 heterocycles. The summed E-state index contributed by atoms with van der Waals surface area (Å²) >= 11 is 0. The van der Waals surface area contributed by atoms with Crippen LogP contribution in [0.2, 0.25) is 0 Å². The van der Waals surface area contributed by atoms with Crippen LogP contribution in [0.5, 0.6) is 0 Å². The van der Waals surface area contributed by atoms with Crippen molar-refractivity contribution in [3.8, 4) is 0 Å². The molecule has 4 rings (SSSR count). The second kappa shape index (κ2) is 9.07. The van der Waals surface area contributed by atoms with Crippen molar-refractivity contribution in [3.63, 3.8) is 0 Å². The fraction of sp³-hybridized carbons (Fsp3) is 0.304. The van der Waals surface area contributed by atoms with Gasteiger partial charge in [0.05, 0.1) is 17.2 Å². The van der Waals surface area contributed by atoms with Crippen molar-refractivity contribution in [2.75, 3.05) is 13.1 Å². The Bertz CT molecular complexity index is 1150. The summed E-state index contributed by atoms with van der Waals surface area (Å²) in [5, 5.41) is 3.10. The minimum Gasteiger partial charge on any atom is -0.352 e. The minimum absolute atomic E-state index is 0.00655. The van der Waals surface area contributed by atoms with Gasteiger partial charge in [0.25, 0.3) is 5.56 Å². The Morgan fingerprint density at radius 2 is 1.84 bits per heavy atom. The zero-order chi connectivity index (χ0) is 21.8. The quantitative estimate of drug-likeness (QED) is 0.683. The largest absolute Gasteiger partial charge is 0.352 e. The number of fused-ring (bicyclic) bond motifs is 1. The summed E-state index contributed by atoms with van der Waals surface area (Å²) in [5.74, 6) is -0.889. The number of hydrogen-bond donors (Lipinski definition) is 1. The predicted molar refractivity (Wildman–Crippen MR) is 114 cm³/mol. The average Bonchev–Trinajstić information content (AvgIpc) is 2.80. The topological polar surface area (TPSA) is 84.3 Å². The van der Waals surface area contributed by atoms with Gasteiger partial charge in [0.1, 0.15) is 12.4 Å². The van der Waals surface area contributed by atoms with Gasteiger partial charge in [-0.05, 0) is 36.6 Å². The molecule has 1 N–H and O–H groups in total. The SMILES string of the molecule is O=C(NCc1ccccc1)C1CCN(C(=O)Cn2cnc3ccc(F)cc3c2=O)CC1. The third-order valence-corrected chi connectivity index (χ3v) is 5.62. The van der Waals surface area contributed by atoms with Gasteiger partial charge in [-0.1, -0.05) is 30.3 Å². The van der Waals surface area contributed by atoms with Crippen LogP contribution in [-0.4, -0.2) is 39.4 Å². The number of benzene rings is 2. The maximum Gasteiger partial charge on any atom is 0.261 e. The van der Waals surface area contributed by atoms with Crippen LogP contribution in [-0.2, 0) is 22.7 Å². The van der Waals surface area contributed by atoms with Crippen LogP contribution in [0.1, 0.15) is 18.4 Å². The van der Waals surface area contributed by atoms with E-state index in [1.54, 1.807) is 4.90 Å². The molecule has 0 unspecified atom stereocenters. The van der Waals surface area contributed by atoms with E-state index in [4.69, 9.17) is 0 Å². The summed E-state index contributed by atoms with van der Waals surface area (Å²) in [6.45, 7) is 1.22. The summed E-state index contributed by atoms with van der Waals surface area (Å²) < 4.78 is 14.7. The highest BCUT2D eigenvalue weighted by Crippen LogP contribution is 2.18. The molecule has 31 heavy (non-hydrogen) atoms. The number of halogens is 1. The minimum atomic E-state index is -0.525. The molecule has 1 aliphatic rings. The van der Waals surface area contributed by atoms with Gasteiger partial charge in [-0.25, -0.2) is 9.37 Å². The molecule has 0 aliphatic carbocycles. The van der Waals surface area contributed by atoms with E-state index in [0.29, 0.717) is 38.0 Å². The van der Waals surface area contributed by atoms with Crippen molar-refractivity contribution >= 4 is 22.7 Å². The lowest BCUT2D eigenvalue weighted by Crippen LogP contribution is -2.44. The highest BCUT2D eigenvalue weighted by Gasteiger charge is 2.27. The van der Waals surface area contributed by atoms with Gasteiger partial charge >= 0.3 is 0 Å². The Morgan fingerprint density at radius 3 is 2.58 bits per heavy atom. The van der Waals surface area contributed by atoms with Crippen LogP contribution in [0.25, 0.3) is 10.9 Å². The van der Waals surface area contributed by atoms with E-state index in [1.807, 2.05) is 30.3 Å². The number of nitrogens with one attached hydrogen (secondary N) is 1. The van der Waals surface area contributed by atoms with Crippen LogP contribution in [0.4, 0.5) is 4.39 Å². The van der Waals surface area contributed by atoms with Gasteiger partial charge in [0.2, 0.25) is 11.8 Å². The van der Waals surface area contributed by atoms with Crippen molar-refractivity contribution in [1.82, 2.24) is 19.8 Å². The number of carbonyl (C=O) groups excluding carboxylic acids is 2. The number of piperidine rings is 1. The molecule has 7 nitrogen and oxygen atoms in total. The Hall–Kier alpha value is -3.55. The third kappa shape index (κ3) is 4.79. The Labute approximate surface area is 178 Å². The lowest BCUT2D eigenvalue weighted by Gasteiger charge is -2.31. The number of rotatable bonds is 5. The monoisotopic (exact) mass is 422 g/mol. The molecule has 1 aliphatic heterocycles. The molecule has 0 bridgehead atoms. The van der Waals surface area contributed by atoms with Crippen molar-refractivity contribution in [2.24, 2.45) is 5.92 Å². The second-order valence-electron chi connectivity index (χ2n) is 7.70. The van der Waals surface area contributed by atoms with Crippen LogP contribution in [0.3, 0.4) is 0 Å². The first-order valence-corrected chi connectivity index (χ1v) is 10.3. The standard InChI is InChI=1S/C23H23FN4O3/c24-18-6-7-20-19(12-18)23(31)28(15-26-20)14-21(29)27-10-8-17(9-11-27)22(30)25-13-16-4-2-1-3-5-16/h1-7,12,15,17H,8-11,13-14H2,(H,25,30). The van der Waals surface area contributed by atoms with Crippen molar-refractivity contribution in [3.05, 3.63) is 76.6 Å². The van der Waals surface area contributed by atoms with Gasteiger partial charge in [-0.15, -0.1) is 0 Å². The van der Waals surface area contributed by atoms with Crippen molar-refractivity contribution < 1.29 is 14.0 Å². The van der Waals surface area contributed by atoms with E-state index in [9.17, 15) is 18.8 Å². The summed E-state index contributed by atoms with van der Waals surface area (Å²) in [4.78, 5) is 43.5. The average molecular weight is 422 g/mol. The van der Waals surface area contributed by atoms with Crippen LogP contribution in [0, 0.1) is 11.7 Å². The number of aromatic nitrogens is 2. The van der Waals surface area contributed by atoms with E-state index < -0.39 is 11.4 Å². The Balaban J connectivity index is 1.32. The molecule has 0 radical (unpaired) electrons. The Morgan fingerprint density at radius 1 is 1.10 bits per heavy atom. The second-order valence-corrected chi connectivity index (χ2v) is 7.70. The van der Waals surface area contributed by atoms with Gasteiger partial charge in [0.15, 0.2) is 0 Å². The van der Waals surface area contributed by atoms with Crippen LogP contribution < -0.4 is 10.9 Å². The lowest BCUT2D eigenvalue weighted by molar-refractivity contribution is -0.136. The van der Waals surface area contributed by atoms with Gasteiger partial charge in [-0.2, -0.15) is 0 Å². The van der Waals surface area contributed by atoms with Crippen LogP contribution in [0.15, 0.2) is 59.7 Å². The molecule has 1 aromatic heterocycles.